The number of para-hydroxylation sites is 1. The molecule has 8 aromatic rings. The van der Waals surface area contributed by atoms with E-state index in [1.165, 1.54) is 93.6 Å². The van der Waals surface area contributed by atoms with Gasteiger partial charge in [0, 0.05) is 68.1 Å². The van der Waals surface area contributed by atoms with Crippen LogP contribution in [0.3, 0.4) is 0 Å². The predicted octanol–water partition coefficient (Wildman–Crippen LogP) is 10.1. The van der Waals surface area contributed by atoms with Crippen LogP contribution in [0.15, 0.2) is 64.4 Å². The highest BCUT2D eigenvalue weighted by Crippen LogP contribution is 2.49. The van der Waals surface area contributed by atoms with E-state index in [1.807, 2.05) is 28.7 Å². The van der Waals surface area contributed by atoms with Gasteiger partial charge < -0.3 is 4.42 Å². The maximum absolute atomic E-state index is 6.19. The van der Waals surface area contributed by atoms with Gasteiger partial charge in [-0.3, -0.25) is 0 Å². The summed E-state index contributed by atoms with van der Waals surface area (Å²) in [4.78, 5) is 2.91. The molecule has 6 aromatic heterocycles. The average molecular weight is 784 g/mol. The van der Waals surface area contributed by atoms with Crippen molar-refractivity contribution in [2.45, 2.75) is 99.7 Å². The maximum atomic E-state index is 6.19. The van der Waals surface area contributed by atoms with Crippen LogP contribution in [0.4, 0.5) is 0 Å². The molecule has 9 heteroatoms. The highest BCUT2D eigenvalue weighted by Gasteiger charge is 2.50. The van der Waals surface area contributed by atoms with Gasteiger partial charge in [-0.15, -0.1) is 22.7 Å². The van der Waals surface area contributed by atoms with Gasteiger partial charge in [0.1, 0.15) is 33.6 Å². The van der Waals surface area contributed by atoms with Crippen LogP contribution in [-0.2, 0) is 37.8 Å². The van der Waals surface area contributed by atoms with E-state index in [1.54, 1.807) is 0 Å². The molecule has 0 radical (unpaired) electrons. The summed E-state index contributed by atoms with van der Waals surface area (Å²) in [5.74, 6) is 4.96. The van der Waals surface area contributed by atoms with Gasteiger partial charge in [-0.1, -0.05) is 36.4 Å². The highest BCUT2D eigenvalue weighted by atomic mass is 32.1. The molecular formula is C47H55N6OS2+3. The van der Waals surface area contributed by atoms with Crippen molar-refractivity contribution in [2.75, 3.05) is 0 Å². The van der Waals surface area contributed by atoms with Crippen molar-refractivity contribution in [1.82, 2.24) is 13.7 Å². The van der Waals surface area contributed by atoms with E-state index < -0.39 is 0 Å². The van der Waals surface area contributed by atoms with Crippen LogP contribution in [0.2, 0.25) is 0 Å². The summed E-state index contributed by atoms with van der Waals surface area (Å²) in [5, 5.41) is 4.86. The lowest BCUT2D eigenvalue weighted by Crippen LogP contribution is -2.52. The number of aromatic nitrogens is 6. The Morgan fingerprint density at radius 2 is 1.02 bits per heavy atom. The molecule has 0 saturated carbocycles. The summed E-state index contributed by atoms with van der Waals surface area (Å²) < 4.78 is 21.8. The van der Waals surface area contributed by atoms with Gasteiger partial charge in [-0.25, -0.2) is 27.4 Å². The van der Waals surface area contributed by atoms with E-state index in [-0.39, 0.29) is 16.6 Å². The molecule has 0 fully saturated rings. The van der Waals surface area contributed by atoms with E-state index in [0.29, 0.717) is 0 Å². The second-order valence-electron chi connectivity index (χ2n) is 17.6. The summed E-state index contributed by atoms with van der Waals surface area (Å²) in [6.07, 6.45) is 0. The first-order valence-electron chi connectivity index (χ1n) is 19.7. The molecule has 9 heterocycles. The van der Waals surface area contributed by atoms with Crippen LogP contribution < -0.4 is 13.7 Å². The number of hydrogen-bond donors (Lipinski definition) is 0. The van der Waals surface area contributed by atoms with Gasteiger partial charge in [0.05, 0.1) is 36.5 Å². The van der Waals surface area contributed by atoms with Crippen molar-refractivity contribution >= 4 is 43.7 Å². The predicted molar refractivity (Wildman–Crippen MR) is 230 cm³/mol. The van der Waals surface area contributed by atoms with Gasteiger partial charge >= 0.3 is 0 Å². The Morgan fingerprint density at radius 3 is 1.64 bits per heavy atom. The number of imidazole rings is 3. The molecule has 2 aromatic carbocycles. The first-order valence-corrected chi connectivity index (χ1v) is 21.4. The molecule has 0 saturated heterocycles. The van der Waals surface area contributed by atoms with Crippen LogP contribution in [0, 0.1) is 41.5 Å². The fourth-order valence-electron chi connectivity index (χ4n) is 10.4. The molecule has 56 heavy (non-hydrogen) atoms. The van der Waals surface area contributed by atoms with Crippen molar-refractivity contribution in [3.05, 3.63) is 111 Å². The summed E-state index contributed by atoms with van der Waals surface area (Å²) in [6.45, 7) is 27.0. The highest BCUT2D eigenvalue weighted by molar-refractivity contribution is 7.22. The number of benzene rings is 2. The van der Waals surface area contributed by atoms with Crippen LogP contribution in [0.25, 0.3) is 53.7 Å². The van der Waals surface area contributed by atoms with Gasteiger partial charge in [0.25, 0.3) is 17.5 Å². The van der Waals surface area contributed by atoms with E-state index >= 15 is 0 Å². The average Bonchev–Trinajstić information content (AvgIpc) is 4.03. The van der Waals surface area contributed by atoms with Crippen molar-refractivity contribution in [3.8, 4) is 32.6 Å². The van der Waals surface area contributed by atoms with Gasteiger partial charge in [0.15, 0.2) is 22.8 Å². The first-order chi connectivity index (χ1) is 26.3. The third-order valence-corrected chi connectivity index (χ3v) is 15.8. The normalized spacial score (nSPS) is 15.8. The van der Waals surface area contributed by atoms with Crippen molar-refractivity contribution in [1.29, 1.82) is 0 Å². The van der Waals surface area contributed by atoms with Crippen LogP contribution in [-0.4, -0.2) is 13.7 Å². The van der Waals surface area contributed by atoms with Crippen molar-refractivity contribution in [2.24, 2.45) is 21.1 Å². The monoisotopic (exact) mass is 783 g/mol. The smallest absolute Gasteiger partial charge is 0.254 e. The van der Waals surface area contributed by atoms with E-state index in [4.69, 9.17) is 4.42 Å². The number of thiophene rings is 2. The second kappa shape index (κ2) is 11.9. The number of hydrogen-bond acceptors (Lipinski definition) is 3. The third kappa shape index (κ3) is 4.53. The molecule has 0 aliphatic carbocycles. The molecule has 0 spiro atoms. The molecule has 288 valence electrons. The summed E-state index contributed by atoms with van der Waals surface area (Å²) in [6, 6.07) is 19.4. The molecule has 0 amide bonds. The number of furan rings is 1. The molecular weight excluding hydrogens is 729 g/mol. The Balaban J connectivity index is 0.000000111. The first kappa shape index (κ1) is 36.9. The van der Waals surface area contributed by atoms with Crippen molar-refractivity contribution in [3.63, 3.8) is 0 Å². The Labute approximate surface area is 338 Å². The van der Waals surface area contributed by atoms with Gasteiger partial charge in [-0.05, 0) is 65.1 Å². The van der Waals surface area contributed by atoms with Crippen molar-refractivity contribution < 1.29 is 18.1 Å². The van der Waals surface area contributed by atoms with E-state index in [0.717, 1.165) is 11.3 Å². The lowest BCUT2D eigenvalue weighted by Gasteiger charge is -2.18. The van der Waals surface area contributed by atoms with Crippen LogP contribution in [0.1, 0.15) is 92.8 Å². The molecule has 0 atom stereocenters. The Morgan fingerprint density at radius 1 is 0.536 bits per heavy atom. The molecule has 3 aliphatic heterocycles. The summed E-state index contributed by atoms with van der Waals surface area (Å²) >= 11 is 3.79. The minimum absolute atomic E-state index is 0.0281. The Hall–Kier alpha value is -4.73. The van der Waals surface area contributed by atoms with Gasteiger partial charge in [0.2, 0.25) is 5.69 Å². The van der Waals surface area contributed by atoms with E-state index in [2.05, 4.69) is 186 Å². The molecule has 3 aliphatic rings. The molecule has 0 bridgehead atoms. The SMILES string of the molecule is Cc1c2[n+](c(C)n1C)C(C)(C)c1c-2oc2ccccc12.Cc1c2[n+](c(C)n1C)C(C)(C)c1c-2sc2ccccc12.Cc1c2[n+](c(C)n1C)C(C)(C)c1ccsc1-2. The zero-order valence-electron chi connectivity index (χ0n) is 35.7. The van der Waals surface area contributed by atoms with Crippen LogP contribution in [0.5, 0.6) is 0 Å². The number of rotatable bonds is 0. The number of fused-ring (bicyclic) bond motifs is 13. The van der Waals surface area contributed by atoms with Gasteiger partial charge in [-0.2, -0.15) is 0 Å². The zero-order valence-corrected chi connectivity index (χ0v) is 37.3. The fraction of sp³-hybridized carbons (Fsp3) is 0.383. The summed E-state index contributed by atoms with van der Waals surface area (Å²) in [7, 11) is 6.44. The summed E-state index contributed by atoms with van der Waals surface area (Å²) in [5.41, 5.74) is 13.4. The second-order valence-corrected chi connectivity index (χ2v) is 19.5. The lowest BCUT2D eigenvalue weighted by atomic mass is 9.94. The fourth-order valence-corrected chi connectivity index (χ4v) is 13.0. The quantitative estimate of drug-likeness (QED) is 0.141. The standard InChI is InChI=1S/C17H19N2O.C17H19N2S.C13H17N2S/c2*1-10-15-16-14(12-8-6-7-9-13(12)20-16)17(3,4)19(15)11(2)18(10)5;1-8-11-12-10(6-7-16-12)13(3,4)15(11)9(2)14(8)5/h2*6-9H,1-5H3;6-7H,1-5H3/q3*+1. The maximum Gasteiger partial charge on any atom is 0.254 e. The Kier molecular flexibility index (Phi) is 7.84. The lowest BCUT2D eigenvalue weighted by molar-refractivity contribution is -0.737. The minimum Gasteiger partial charge on any atom is -0.452 e. The third-order valence-electron chi connectivity index (χ3n) is 13.7. The molecule has 11 rings (SSSR count). The molecule has 7 nitrogen and oxygen atoms in total. The number of nitrogens with zero attached hydrogens (tertiary/aromatic N) is 6. The van der Waals surface area contributed by atoms with Crippen LogP contribution >= 0.6 is 22.7 Å². The topological polar surface area (TPSA) is 39.6 Å². The minimum atomic E-state index is -0.0760. The largest absolute Gasteiger partial charge is 0.452 e. The zero-order chi connectivity index (χ0) is 40.1. The Bertz CT molecular complexity index is 2800. The van der Waals surface area contributed by atoms with E-state index in [9.17, 15) is 0 Å². The molecule has 0 unspecified atom stereocenters. The molecule has 0 N–H and O–H groups in total.